The molecule has 0 N–H and O–H groups in total. The molecule has 0 bridgehead atoms. The van der Waals surface area contributed by atoms with Gasteiger partial charge in [-0.2, -0.15) is 0 Å². The number of halogens is 1. The Morgan fingerprint density at radius 2 is 1.81 bits per heavy atom. The molecule has 2 aromatic rings. The second-order valence-electron chi connectivity index (χ2n) is 9.55. The van der Waals surface area contributed by atoms with Gasteiger partial charge in [-0.25, -0.2) is 9.97 Å². The highest BCUT2D eigenvalue weighted by Gasteiger charge is 2.37. The lowest BCUT2D eigenvalue weighted by molar-refractivity contribution is -0.154. The number of carbonyl (C=O) groups is 1. The van der Waals surface area contributed by atoms with Gasteiger partial charge in [-0.3, -0.25) is 14.2 Å². The Morgan fingerprint density at radius 3 is 2.39 bits per heavy atom. The molecule has 0 amide bonds. The lowest BCUT2D eigenvalue weighted by atomic mass is 9.93. The summed E-state index contributed by atoms with van der Waals surface area (Å²) < 4.78 is 7.25. The Morgan fingerprint density at radius 1 is 1.16 bits per heavy atom. The number of aromatic nitrogens is 3. The van der Waals surface area contributed by atoms with Crippen molar-refractivity contribution in [2.24, 2.45) is 11.8 Å². The van der Waals surface area contributed by atoms with Crippen molar-refractivity contribution in [1.82, 2.24) is 14.5 Å². The number of hydrogen-bond donors (Lipinski definition) is 0. The van der Waals surface area contributed by atoms with Crippen molar-refractivity contribution in [3.05, 3.63) is 33.3 Å². The van der Waals surface area contributed by atoms with Crippen LogP contribution in [0.25, 0.3) is 11.2 Å². The highest BCUT2D eigenvalue weighted by Crippen LogP contribution is 2.44. The minimum absolute atomic E-state index is 0.101. The molecule has 2 heterocycles. The molecule has 1 aliphatic carbocycles. The van der Waals surface area contributed by atoms with E-state index >= 15 is 0 Å². The number of aryl methyl sites for hydroxylation is 1. The monoisotopic (exact) mass is 447 g/mol. The number of hydrogen-bond acceptors (Lipinski definition) is 5. The van der Waals surface area contributed by atoms with Crippen molar-refractivity contribution in [3.63, 3.8) is 0 Å². The van der Waals surface area contributed by atoms with Gasteiger partial charge in [-0.1, -0.05) is 38.3 Å². The van der Waals surface area contributed by atoms with E-state index in [1.54, 1.807) is 6.07 Å². The zero-order chi connectivity index (χ0) is 22.8. The van der Waals surface area contributed by atoms with E-state index in [9.17, 15) is 9.59 Å². The fourth-order valence-corrected chi connectivity index (χ4v) is 4.95. The molecule has 0 spiro atoms. The summed E-state index contributed by atoms with van der Waals surface area (Å²) in [6.07, 6.45) is 5.47. The van der Waals surface area contributed by atoms with Gasteiger partial charge in [0.2, 0.25) is 0 Å². The molecule has 0 saturated heterocycles. The van der Waals surface area contributed by atoms with Crippen molar-refractivity contribution in [2.75, 3.05) is 0 Å². The SMILES string of the molecule is CCC1CCC(CC)C1n1c(=O)c(CCCC(=O)OC(C)(C)C)nc2ccc(Cl)nc21. The third-order valence-corrected chi connectivity index (χ3v) is 6.42. The van der Waals surface area contributed by atoms with Crippen LogP contribution in [0.2, 0.25) is 5.15 Å². The number of esters is 1. The lowest BCUT2D eigenvalue weighted by Gasteiger charge is -2.27. The third kappa shape index (κ3) is 5.46. The van der Waals surface area contributed by atoms with Gasteiger partial charge in [-0.15, -0.1) is 0 Å². The zero-order valence-electron chi connectivity index (χ0n) is 19.3. The first-order chi connectivity index (χ1) is 14.6. The van der Waals surface area contributed by atoms with Gasteiger partial charge < -0.3 is 4.74 Å². The van der Waals surface area contributed by atoms with E-state index in [0.717, 1.165) is 25.7 Å². The lowest BCUT2D eigenvalue weighted by Crippen LogP contribution is -2.34. The number of pyridine rings is 1. The fraction of sp³-hybridized carbons (Fsp3) is 0.667. The van der Waals surface area contributed by atoms with Gasteiger partial charge in [0.25, 0.3) is 5.56 Å². The first kappa shape index (κ1) is 23.7. The summed E-state index contributed by atoms with van der Waals surface area (Å²) in [7, 11) is 0. The van der Waals surface area contributed by atoms with E-state index in [1.807, 2.05) is 31.4 Å². The van der Waals surface area contributed by atoms with E-state index < -0.39 is 5.60 Å². The molecule has 170 valence electrons. The van der Waals surface area contributed by atoms with Gasteiger partial charge in [0, 0.05) is 12.5 Å². The van der Waals surface area contributed by atoms with Gasteiger partial charge >= 0.3 is 5.97 Å². The molecule has 1 aliphatic rings. The quantitative estimate of drug-likeness (QED) is 0.414. The van der Waals surface area contributed by atoms with Gasteiger partial charge in [0.1, 0.15) is 22.0 Å². The predicted molar refractivity (Wildman–Crippen MR) is 123 cm³/mol. The Hall–Kier alpha value is -1.95. The molecule has 2 unspecified atom stereocenters. The van der Waals surface area contributed by atoms with Crippen LogP contribution in [0.4, 0.5) is 0 Å². The first-order valence-corrected chi connectivity index (χ1v) is 11.8. The summed E-state index contributed by atoms with van der Waals surface area (Å²) in [5.41, 5.74) is 1.11. The molecule has 31 heavy (non-hydrogen) atoms. The van der Waals surface area contributed by atoms with Crippen LogP contribution in [0.3, 0.4) is 0 Å². The van der Waals surface area contributed by atoms with Crippen molar-refractivity contribution < 1.29 is 9.53 Å². The average molecular weight is 448 g/mol. The summed E-state index contributed by atoms with van der Waals surface area (Å²) in [5.74, 6) is 0.613. The Bertz CT molecular complexity index is 984. The maximum Gasteiger partial charge on any atom is 0.306 e. The fourth-order valence-electron chi connectivity index (χ4n) is 4.81. The molecule has 6 nitrogen and oxygen atoms in total. The Balaban J connectivity index is 1.97. The molecule has 0 aliphatic heterocycles. The van der Waals surface area contributed by atoms with Crippen LogP contribution in [0.15, 0.2) is 16.9 Å². The number of ether oxygens (including phenoxy) is 1. The number of nitrogens with zero attached hydrogens (tertiary/aromatic N) is 3. The van der Waals surface area contributed by atoms with Gasteiger partial charge in [0.15, 0.2) is 5.65 Å². The molecule has 1 saturated carbocycles. The zero-order valence-corrected chi connectivity index (χ0v) is 20.0. The summed E-state index contributed by atoms with van der Waals surface area (Å²) in [4.78, 5) is 34.8. The summed E-state index contributed by atoms with van der Waals surface area (Å²) >= 11 is 6.20. The molecular weight excluding hydrogens is 414 g/mol. The topological polar surface area (TPSA) is 74.1 Å². The van der Waals surface area contributed by atoms with Crippen LogP contribution in [0.5, 0.6) is 0 Å². The summed E-state index contributed by atoms with van der Waals surface area (Å²) in [5, 5.41) is 0.360. The Kier molecular flexibility index (Phi) is 7.40. The molecule has 1 fully saturated rings. The molecule has 7 heteroatoms. The van der Waals surface area contributed by atoms with Gasteiger partial charge in [-0.05, 0) is 70.4 Å². The van der Waals surface area contributed by atoms with E-state index in [4.69, 9.17) is 16.3 Å². The smallest absolute Gasteiger partial charge is 0.306 e. The van der Waals surface area contributed by atoms with Crippen LogP contribution in [0.1, 0.15) is 84.9 Å². The third-order valence-electron chi connectivity index (χ3n) is 6.21. The van der Waals surface area contributed by atoms with Crippen LogP contribution >= 0.6 is 11.6 Å². The van der Waals surface area contributed by atoms with Crippen molar-refractivity contribution >= 4 is 28.7 Å². The number of fused-ring (bicyclic) bond motifs is 1. The number of rotatable bonds is 7. The first-order valence-electron chi connectivity index (χ1n) is 11.4. The van der Waals surface area contributed by atoms with Crippen molar-refractivity contribution in [2.45, 2.75) is 91.2 Å². The Labute approximate surface area is 189 Å². The predicted octanol–water partition coefficient (Wildman–Crippen LogP) is 5.50. The van der Waals surface area contributed by atoms with Crippen molar-refractivity contribution in [1.29, 1.82) is 0 Å². The molecule has 0 aromatic carbocycles. The highest BCUT2D eigenvalue weighted by atomic mass is 35.5. The van der Waals surface area contributed by atoms with Crippen molar-refractivity contribution in [3.8, 4) is 0 Å². The van der Waals surface area contributed by atoms with E-state index in [0.29, 0.717) is 46.7 Å². The standard InChI is InChI=1S/C24H34ClN3O3/c1-6-15-11-12-16(7-2)21(15)28-22-17(13-14-19(25)27-22)26-18(23(28)30)9-8-10-20(29)31-24(3,4)5/h13-16,21H,6-12H2,1-5H3. The maximum absolute atomic E-state index is 13.6. The molecule has 3 rings (SSSR count). The summed E-state index contributed by atoms with van der Waals surface area (Å²) in [6, 6.07) is 3.64. The summed E-state index contributed by atoms with van der Waals surface area (Å²) in [6.45, 7) is 9.92. The average Bonchev–Trinajstić information content (AvgIpc) is 3.10. The molecule has 2 aromatic heterocycles. The van der Waals surface area contributed by atoms with E-state index in [1.165, 1.54) is 0 Å². The minimum Gasteiger partial charge on any atom is -0.460 e. The van der Waals surface area contributed by atoms with Crippen LogP contribution < -0.4 is 5.56 Å². The molecule has 0 radical (unpaired) electrons. The molecule has 2 atom stereocenters. The van der Waals surface area contributed by atoms with Gasteiger partial charge in [0.05, 0.1) is 0 Å². The second-order valence-corrected chi connectivity index (χ2v) is 9.94. The highest BCUT2D eigenvalue weighted by molar-refractivity contribution is 6.29. The van der Waals surface area contributed by atoms with E-state index in [2.05, 4.69) is 23.8 Å². The minimum atomic E-state index is -0.511. The van der Waals surface area contributed by atoms with E-state index in [-0.39, 0.29) is 24.0 Å². The molecular formula is C24H34ClN3O3. The maximum atomic E-state index is 13.6. The van der Waals surface area contributed by atoms with Crippen LogP contribution in [-0.2, 0) is 16.0 Å². The second kappa shape index (κ2) is 9.68. The normalized spacial score (nSPS) is 21.5. The number of carbonyl (C=O) groups excluding carboxylic acids is 1. The largest absolute Gasteiger partial charge is 0.460 e. The van der Waals surface area contributed by atoms with Crippen LogP contribution in [0, 0.1) is 11.8 Å². The van der Waals surface area contributed by atoms with Crippen LogP contribution in [-0.4, -0.2) is 26.1 Å².